The van der Waals surface area contributed by atoms with Crippen LogP contribution in [0.5, 0.6) is 0 Å². The highest BCUT2D eigenvalue weighted by molar-refractivity contribution is 6.01. The van der Waals surface area contributed by atoms with E-state index in [4.69, 9.17) is 14.6 Å². The molecule has 0 amide bonds. The van der Waals surface area contributed by atoms with Crippen molar-refractivity contribution >= 4 is 34.3 Å². The maximum Gasteiger partial charge on any atom is 0.151 e. The fourth-order valence-electron chi connectivity index (χ4n) is 4.55. The molecule has 32 heavy (non-hydrogen) atoms. The van der Waals surface area contributed by atoms with E-state index in [0.717, 1.165) is 53.9 Å². The Labute approximate surface area is 187 Å². The van der Waals surface area contributed by atoms with Crippen LogP contribution in [0.15, 0.2) is 87.4 Å². The lowest BCUT2D eigenvalue weighted by atomic mass is 10.1. The lowest BCUT2D eigenvalue weighted by molar-refractivity contribution is 0.603. The van der Waals surface area contributed by atoms with Gasteiger partial charge in [-0.1, -0.05) is 36.4 Å². The molecule has 158 valence electrons. The van der Waals surface area contributed by atoms with E-state index in [0.29, 0.717) is 0 Å². The predicted octanol–water partition coefficient (Wildman–Crippen LogP) is 5.62. The smallest absolute Gasteiger partial charge is 0.151 e. The number of benzene rings is 3. The first-order chi connectivity index (χ1) is 15.7. The SMILES string of the molecule is CC(=NN1CCc2ccccc21)c1cc2cc(C=NN3CCc4ccccc43)ccc2o1. The Morgan fingerprint density at radius 2 is 1.53 bits per heavy atom. The maximum absolute atomic E-state index is 6.10. The van der Waals surface area contributed by atoms with Crippen LogP contribution in [-0.4, -0.2) is 25.0 Å². The van der Waals surface area contributed by atoms with Crippen molar-refractivity contribution in [2.24, 2.45) is 10.2 Å². The lowest BCUT2D eigenvalue weighted by Gasteiger charge is -2.13. The van der Waals surface area contributed by atoms with Crippen molar-refractivity contribution in [1.29, 1.82) is 0 Å². The van der Waals surface area contributed by atoms with E-state index in [2.05, 4.69) is 70.7 Å². The zero-order valence-electron chi connectivity index (χ0n) is 18.0. The maximum atomic E-state index is 6.10. The van der Waals surface area contributed by atoms with Gasteiger partial charge in [-0.25, -0.2) is 0 Å². The third kappa shape index (κ3) is 3.36. The highest BCUT2D eigenvalue weighted by Gasteiger charge is 2.19. The molecule has 0 N–H and O–H groups in total. The van der Waals surface area contributed by atoms with Gasteiger partial charge in [0.05, 0.1) is 17.6 Å². The fraction of sp³-hybridized carbons (Fsp3) is 0.185. The first kappa shape index (κ1) is 18.9. The second-order valence-electron chi connectivity index (χ2n) is 8.34. The van der Waals surface area contributed by atoms with Gasteiger partial charge in [0.1, 0.15) is 11.3 Å². The number of nitrogens with zero attached hydrogens (tertiary/aromatic N) is 4. The average molecular weight is 421 g/mol. The van der Waals surface area contributed by atoms with E-state index in [1.165, 1.54) is 22.5 Å². The van der Waals surface area contributed by atoms with Gasteiger partial charge in [0.2, 0.25) is 0 Å². The fourth-order valence-corrected chi connectivity index (χ4v) is 4.55. The molecule has 5 heteroatoms. The molecular formula is C27H24N4O. The van der Waals surface area contributed by atoms with Gasteiger partial charge in [0.15, 0.2) is 5.76 Å². The zero-order valence-corrected chi connectivity index (χ0v) is 18.0. The molecule has 0 atom stereocenters. The Morgan fingerprint density at radius 3 is 2.31 bits per heavy atom. The van der Waals surface area contributed by atoms with E-state index in [-0.39, 0.29) is 0 Å². The summed E-state index contributed by atoms with van der Waals surface area (Å²) in [6, 6.07) is 25.1. The largest absolute Gasteiger partial charge is 0.455 e. The van der Waals surface area contributed by atoms with Crippen molar-refractivity contribution in [3.05, 3.63) is 95.2 Å². The van der Waals surface area contributed by atoms with Crippen molar-refractivity contribution in [3.8, 4) is 0 Å². The Kier molecular flexibility index (Phi) is 4.53. The molecule has 0 saturated heterocycles. The summed E-state index contributed by atoms with van der Waals surface area (Å²) >= 11 is 0. The summed E-state index contributed by atoms with van der Waals surface area (Å²) in [5.41, 5.74) is 7.88. The van der Waals surface area contributed by atoms with Gasteiger partial charge < -0.3 is 4.42 Å². The number of furan rings is 1. The Morgan fingerprint density at radius 1 is 0.844 bits per heavy atom. The molecule has 1 aromatic heterocycles. The van der Waals surface area contributed by atoms with E-state index in [1.54, 1.807) is 0 Å². The minimum atomic E-state index is 0.798. The number of anilines is 2. The molecule has 0 spiro atoms. The molecule has 0 unspecified atom stereocenters. The summed E-state index contributed by atoms with van der Waals surface area (Å²) in [5, 5.41) is 14.8. The highest BCUT2D eigenvalue weighted by Crippen LogP contribution is 2.29. The summed E-state index contributed by atoms with van der Waals surface area (Å²) in [5.74, 6) is 0.798. The van der Waals surface area contributed by atoms with Gasteiger partial charge >= 0.3 is 0 Å². The molecule has 0 radical (unpaired) electrons. The van der Waals surface area contributed by atoms with Gasteiger partial charge in [-0.05, 0) is 72.9 Å². The van der Waals surface area contributed by atoms with Gasteiger partial charge in [0.25, 0.3) is 0 Å². The number of hydrazone groups is 2. The minimum Gasteiger partial charge on any atom is -0.455 e. The molecule has 0 fully saturated rings. The number of hydrogen-bond acceptors (Lipinski definition) is 5. The summed E-state index contributed by atoms with van der Waals surface area (Å²) < 4.78 is 6.10. The molecule has 2 aliphatic heterocycles. The predicted molar refractivity (Wildman–Crippen MR) is 131 cm³/mol. The molecule has 0 bridgehead atoms. The van der Waals surface area contributed by atoms with Crippen LogP contribution in [0.4, 0.5) is 11.4 Å². The number of rotatable bonds is 4. The Hall–Kier alpha value is -3.86. The molecule has 6 rings (SSSR count). The van der Waals surface area contributed by atoms with E-state index >= 15 is 0 Å². The Bertz CT molecular complexity index is 1370. The monoisotopic (exact) mass is 420 g/mol. The quantitative estimate of drug-likeness (QED) is 0.403. The topological polar surface area (TPSA) is 44.3 Å². The standard InChI is InChI=1S/C27H24N4O/c1-19(29-31-15-13-22-7-3-5-9-25(22)31)27-17-23-16-20(10-11-26(23)32-27)18-28-30-14-12-21-6-2-4-8-24(21)30/h2-11,16-18H,12-15H2,1H3. The van der Waals surface area contributed by atoms with Gasteiger partial charge in [-0.3, -0.25) is 10.0 Å². The zero-order chi connectivity index (χ0) is 21.5. The molecule has 0 aliphatic carbocycles. The van der Waals surface area contributed by atoms with Crippen LogP contribution >= 0.6 is 0 Å². The van der Waals surface area contributed by atoms with Crippen LogP contribution in [0.25, 0.3) is 11.0 Å². The molecule has 2 aliphatic rings. The lowest BCUT2D eigenvalue weighted by Crippen LogP contribution is -2.15. The normalized spacial score (nSPS) is 15.7. The Balaban J connectivity index is 1.24. The van der Waals surface area contributed by atoms with Crippen LogP contribution in [0.1, 0.15) is 29.4 Å². The van der Waals surface area contributed by atoms with Gasteiger partial charge in [0, 0.05) is 18.5 Å². The van der Waals surface area contributed by atoms with Crippen molar-refractivity contribution in [3.63, 3.8) is 0 Å². The molecule has 4 aromatic rings. The summed E-state index contributed by atoms with van der Waals surface area (Å²) in [7, 11) is 0. The van der Waals surface area contributed by atoms with Gasteiger partial charge in [-0.15, -0.1) is 0 Å². The van der Waals surface area contributed by atoms with Gasteiger partial charge in [-0.2, -0.15) is 10.2 Å². The van der Waals surface area contributed by atoms with Crippen molar-refractivity contribution in [2.75, 3.05) is 23.1 Å². The van der Waals surface area contributed by atoms with E-state index in [1.807, 2.05) is 25.3 Å². The number of hydrogen-bond donors (Lipinski definition) is 0. The first-order valence-electron chi connectivity index (χ1n) is 11.1. The molecule has 5 nitrogen and oxygen atoms in total. The van der Waals surface area contributed by atoms with E-state index < -0.39 is 0 Å². The van der Waals surface area contributed by atoms with Crippen LogP contribution in [0.2, 0.25) is 0 Å². The highest BCUT2D eigenvalue weighted by atomic mass is 16.3. The molecule has 3 aromatic carbocycles. The summed E-state index contributed by atoms with van der Waals surface area (Å²) in [4.78, 5) is 0. The van der Waals surface area contributed by atoms with E-state index in [9.17, 15) is 0 Å². The minimum absolute atomic E-state index is 0.798. The van der Waals surface area contributed by atoms with Crippen LogP contribution in [-0.2, 0) is 12.8 Å². The second kappa shape index (κ2) is 7.68. The van der Waals surface area contributed by atoms with Crippen LogP contribution in [0.3, 0.4) is 0 Å². The average Bonchev–Trinajstić information content (AvgIpc) is 3.54. The number of fused-ring (bicyclic) bond motifs is 3. The van der Waals surface area contributed by atoms with Crippen molar-refractivity contribution in [1.82, 2.24) is 0 Å². The number of para-hydroxylation sites is 2. The van der Waals surface area contributed by atoms with Crippen molar-refractivity contribution < 1.29 is 4.42 Å². The molecule has 3 heterocycles. The third-order valence-electron chi connectivity index (χ3n) is 6.24. The molecule has 0 saturated carbocycles. The summed E-state index contributed by atoms with van der Waals surface area (Å²) in [6.45, 7) is 3.83. The molecular weight excluding hydrogens is 396 g/mol. The second-order valence-corrected chi connectivity index (χ2v) is 8.34. The third-order valence-corrected chi connectivity index (χ3v) is 6.24. The first-order valence-corrected chi connectivity index (χ1v) is 11.1. The van der Waals surface area contributed by atoms with Crippen LogP contribution in [0, 0.1) is 0 Å². The summed E-state index contributed by atoms with van der Waals surface area (Å²) in [6.07, 6.45) is 3.99. The van der Waals surface area contributed by atoms with Crippen LogP contribution < -0.4 is 10.0 Å². The van der Waals surface area contributed by atoms with Crippen molar-refractivity contribution in [2.45, 2.75) is 19.8 Å².